The Balaban J connectivity index is 2.14. The lowest BCUT2D eigenvalue weighted by molar-refractivity contribution is -0.140. The number of aryl methyl sites for hydroxylation is 1. The summed E-state index contributed by atoms with van der Waals surface area (Å²) < 4.78 is 4.56. The predicted molar refractivity (Wildman–Crippen MR) is 62.3 cm³/mol. The Labute approximate surface area is 96.1 Å². The number of unbranched alkanes of at least 4 members (excludes halogenated alkanes) is 2. The number of ether oxygens (including phenoxy) is 1. The predicted octanol–water partition coefficient (Wildman–Crippen LogP) is 2.67. The first kappa shape index (κ1) is 12.6. The van der Waals surface area contributed by atoms with E-state index in [1.54, 1.807) is 12.1 Å². The number of hydrogen-bond donors (Lipinski definition) is 1. The zero-order chi connectivity index (χ0) is 11.8. The van der Waals surface area contributed by atoms with Crippen LogP contribution in [0.2, 0.25) is 0 Å². The van der Waals surface area contributed by atoms with E-state index in [1.165, 1.54) is 7.11 Å². The second-order valence-electron chi connectivity index (χ2n) is 3.81. The van der Waals surface area contributed by atoms with Crippen LogP contribution in [-0.2, 0) is 16.0 Å². The van der Waals surface area contributed by atoms with Gasteiger partial charge in [-0.3, -0.25) is 4.79 Å². The van der Waals surface area contributed by atoms with Crippen LogP contribution >= 0.6 is 0 Å². The zero-order valence-electron chi connectivity index (χ0n) is 9.61. The largest absolute Gasteiger partial charge is 0.508 e. The van der Waals surface area contributed by atoms with Crippen molar-refractivity contribution in [1.29, 1.82) is 0 Å². The summed E-state index contributed by atoms with van der Waals surface area (Å²) in [5.41, 5.74) is 1.14. The van der Waals surface area contributed by atoms with Crippen LogP contribution in [0.4, 0.5) is 0 Å². The fraction of sp³-hybridized carbons (Fsp3) is 0.462. The summed E-state index contributed by atoms with van der Waals surface area (Å²) in [4.78, 5) is 10.8. The lowest BCUT2D eigenvalue weighted by Crippen LogP contribution is -1.99. The van der Waals surface area contributed by atoms with Crippen molar-refractivity contribution >= 4 is 5.97 Å². The van der Waals surface area contributed by atoms with E-state index in [9.17, 15) is 9.90 Å². The Morgan fingerprint density at radius 2 is 2.12 bits per heavy atom. The third-order valence-electron chi connectivity index (χ3n) is 2.48. The molecule has 16 heavy (non-hydrogen) atoms. The highest BCUT2D eigenvalue weighted by atomic mass is 16.5. The van der Waals surface area contributed by atoms with Crippen LogP contribution in [0.15, 0.2) is 24.3 Å². The van der Waals surface area contributed by atoms with Gasteiger partial charge in [0.05, 0.1) is 7.11 Å². The molecule has 1 N–H and O–H groups in total. The van der Waals surface area contributed by atoms with Gasteiger partial charge in [0.1, 0.15) is 5.75 Å². The van der Waals surface area contributed by atoms with Crippen LogP contribution in [0, 0.1) is 0 Å². The van der Waals surface area contributed by atoms with Crippen molar-refractivity contribution in [1.82, 2.24) is 0 Å². The zero-order valence-corrected chi connectivity index (χ0v) is 9.61. The first-order valence-corrected chi connectivity index (χ1v) is 5.57. The monoisotopic (exact) mass is 222 g/mol. The van der Waals surface area contributed by atoms with Crippen molar-refractivity contribution in [2.24, 2.45) is 0 Å². The molecule has 0 saturated heterocycles. The minimum atomic E-state index is -0.141. The van der Waals surface area contributed by atoms with Gasteiger partial charge in [0.25, 0.3) is 0 Å². The van der Waals surface area contributed by atoms with Gasteiger partial charge in [0.15, 0.2) is 0 Å². The van der Waals surface area contributed by atoms with Gasteiger partial charge in [-0.15, -0.1) is 0 Å². The Morgan fingerprint density at radius 1 is 1.31 bits per heavy atom. The molecule has 0 spiro atoms. The van der Waals surface area contributed by atoms with E-state index < -0.39 is 0 Å². The maximum Gasteiger partial charge on any atom is 0.305 e. The molecule has 0 aliphatic carbocycles. The van der Waals surface area contributed by atoms with E-state index in [1.807, 2.05) is 12.1 Å². The first-order chi connectivity index (χ1) is 7.72. The fourth-order valence-electron chi connectivity index (χ4n) is 1.59. The highest BCUT2D eigenvalue weighted by molar-refractivity contribution is 5.68. The lowest BCUT2D eigenvalue weighted by Gasteiger charge is -2.02. The number of aromatic hydroxyl groups is 1. The van der Waals surface area contributed by atoms with E-state index in [-0.39, 0.29) is 5.97 Å². The van der Waals surface area contributed by atoms with Crippen molar-refractivity contribution in [3.63, 3.8) is 0 Å². The summed E-state index contributed by atoms with van der Waals surface area (Å²) >= 11 is 0. The molecule has 0 bridgehead atoms. The van der Waals surface area contributed by atoms with Crippen molar-refractivity contribution in [3.05, 3.63) is 29.8 Å². The molecule has 1 aromatic carbocycles. The molecule has 0 unspecified atom stereocenters. The van der Waals surface area contributed by atoms with Gasteiger partial charge < -0.3 is 9.84 Å². The smallest absolute Gasteiger partial charge is 0.305 e. The molecule has 0 amide bonds. The molecule has 1 aromatic rings. The average Bonchev–Trinajstić information content (AvgIpc) is 2.28. The number of rotatable bonds is 6. The maximum atomic E-state index is 10.8. The molecule has 0 atom stereocenters. The van der Waals surface area contributed by atoms with Crippen LogP contribution < -0.4 is 0 Å². The topological polar surface area (TPSA) is 46.5 Å². The highest BCUT2D eigenvalue weighted by Crippen LogP contribution is 2.14. The van der Waals surface area contributed by atoms with Gasteiger partial charge in [-0.2, -0.15) is 0 Å². The number of carbonyl (C=O) groups excluding carboxylic acids is 1. The third kappa shape index (κ3) is 4.82. The molecule has 0 fully saturated rings. The molecule has 0 aliphatic rings. The van der Waals surface area contributed by atoms with E-state index in [0.717, 1.165) is 31.2 Å². The average molecular weight is 222 g/mol. The molecule has 88 valence electrons. The van der Waals surface area contributed by atoms with Gasteiger partial charge in [-0.1, -0.05) is 18.6 Å². The van der Waals surface area contributed by atoms with Gasteiger partial charge in [-0.05, 0) is 37.0 Å². The molecule has 0 aromatic heterocycles. The molecular weight excluding hydrogens is 204 g/mol. The molecule has 3 heteroatoms. The van der Waals surface area contributed by atoms with Crippen LogP contribution in [0.1, 0.15) is 31.2 Å². The number of methoxy groups -OCH3 is 1. The number of benzene rings is 1. The second-order valence-corrected chi connectivity index (χ2v) is 3.81. The number of phenols is 1. The summed E-state index contributed by atoms with van der Waals surface area (Å²) in [6.07, 6.45) is 4.34. The van der Waals surface area contributed by atoms with Gasteiger partial charge in [0.2, 0.25) is 0 Å². The molecular formula is C13H18O3. The number of phenolic OH excluding ortho intramolecular Hbond substituents is 1. The molecule has 3 nitrogen and oxygen atoms in total. The van der Waals surface area contributed by atoms with Crippen LogP contribution in [0.3, 0.4) is 0 Å². The van der Waals surface area contributed by atoms with Crippen molar-refractivity contribution < 1.29 is 14.6 Å². The highest BCUT2D eigenvalue weighted by Gasteiger charge is 2.00. The van der Waals surface area contributed by atoms with Gasteiger partial charge in [-0.25, -0.2) is 0 Å². The maximum absolute atomic E-state index is 10.8. The van der Waals surface area contributed by atoms with Crippen LogP contribution in [0.25, 0.3) is 0 Å². The molecule has 0 aliphatic heterocycles. The molecule has 1 rings (SSSR count). The minimum absolute atomic E-state index is 0.141. The Bertz CT molecular complexity index is 334. The van der Waals surface area contributed by atoms with Crippen molar-refractivity contribution in [3.8, 4) is 5.75 Å². The van der Waals surface area contributed by atoms with Crippen LogP contribution in [0.5, 0.6) is 5.75 Å². The van der Waals surface area contributed by atoms with Gasteiger partial charge >= 0.3 is 5.97 Å². The Morgan fingerprint density at radius 3 is 2.81 bits per heavy atom. The molecule has 0 radical (unpaired) electrons. The van der Waals surface area contributed by atoms with Gasteiger partial charge in [0, 0.05) is 6.42 Å². The summed E-state index contributed by atoms with van der Waals surface area (Å²) in [5, 5.41) is 9.26. The number of hydrogen-bond acceptors (Lipinski definition) is 3. The second kappa shape index (κ2) is 6.88. The number of esters is 1. The lowest BCUT2D eigenvalue weighted by atomic mass is 10.1. The van der Waals surface area contributed by atoms with E-state index in [0.29, 0.717) is 12.2 Å². The third-order valence-corrected chi connectivity index (χ3v) is 2.48. The molecule has 0 heterocycles. The first-order valence-electron chi connectivity index (χ1n) is 5.57. The summed E-state index contributed by atoms with van der Waals surface area (Å²) in [6.45, 7) is 0. The fourth-order valence-corrected chi connectivity index (χ4v) is 1.59. The van der Waals surface area contributed by atoms with E-state index >= 15 is 0 Å². The van der Waals surface area contributed by atoms with Crippen molar-refractivity contribution in [2.75, 3.05) is 7.11 Å². The Kier molecular flexibility index (Phi) is 5.40. The minimum Gasteiger partial charge on any atom is -0.508 e. The van der Waals surface area contributed by atoms with Crippen LogP contribution in [-0.4, -0.2) is 18.2 Å². The van der Waals surface area contributed by atoms with E-state index in [2.05, 4.69) is 4.74 Å². The summed E-state index contributed by atoms with van der Waals surface area (Å²) in [6, 6.07) is 7.29. The number of carbonyl (C=O) groups is 1. The van der Waals surface area contributed by atoms with E-state index in [4.69, 9.17) is 0 Å². The van der Waals surface area contributed by atoms with Crippen molar-refractivity contribution in [2.45, 2.75) is 32.1 Å². The standard InChI is InChI=1S/C13H18O3/c1-16-13(15)9-4-2-3-6-11-7-5-8-12(14)10-11/h5,7-8,10,14H,2-4,6,9H2,1H3. The normalized spacial score (nSPS) is 10.1. The SMILES string of the molecule is COC(=O)CCCCCc1cccc(O)c1. The quantitative estimate of drug-likeness (QED) is 0.594. The summed E-state index contributed by atoms with van der Waals surface area (Å²) in [5.74, 6) is 0.171. The molecule has 0 saturated carbocycles. The Hall–Kier alpha value is -1.51. The summed E-state index contributed by atoms with van der Waals surface area (Å²) in [7, 11) is 1.41.